The highest BCUT2D eigenvalue weighted by Crippen LogP contribution is 2.23. The Bertz CT molecular complexity index is 494. The Morgan fingerprint density at radius 2 is 1.90 bits per heavy atom. The highest BCUT2D eigenvalue weighted by molar-refractivity contribution is 5.81. The van der Waals surface area contributed by atoms with Crippen LogP contribution in [-0.4, -0.2) is 30.0 Å². The molecule has 1 aliphatic heterocycles. The Balaban J connectivity index is 2.01. The van der Waals surface area contributed by atoms with Gasteiger partial charge in [-0.2, -0.15) is 0 Å². The van der Waals surface area contributed by atoms with Crippen molar-refractivity contribution in [3.05, 3.63) is 29.3 Å². The molecule has 0 radical (unpaired) electrons. The molecule has 0 bridgehead atoms. The number of amides is 1. The van der Waals surface area contributed by atoms with Crippen molar-refractivity contribution < 1.29 is 9.53 Å². The molecular weight excluding hydrogens is 264 g/mol. The summed E-state index contributed by atoms with van der Waals surface area (Å²) in [6.45, 7) is 7.48. The summed E-state index contributed by atoms with van der Waals surface area (Å²) >= 11 is 0. The summed E-state index contributed by atoms with van der Waals surface area (Å²) in [5.41, 5.74) is 7.97. The Labute approximate surface area is 127 Å². The van der Waals surface area contributed by atoms with Gasteiger partial charge in [-0.15, -0.1) is 0 Å². The summed E-state index contributed by atoms with van der Waals surface area (Å²) in [5.74, 6) is 0.850. The van der Waals surface area contributed by atoms with Crippen molar-refractivity contribution in [2.45, 2.75) is 52.2 Å². The van der Waals surface area contributed by atoms with Gasteiger partial charge in [0, 0.05) is 19.1 Å². The first kappa shape index (κ1) is 15.8. The van der Waals surface area contributed by atoms with E-state index in [0.717, 1.165) is 42.8 Å². The molecule has 1 amide bonds. The van der Waals surface area contributed by atoms with Gasteiger partial charge in [-0.3, -0.25) is 4.79 Å². The molecule has 21 heavy (non-hydrogen) atoms. The maximum Gasteiger partial charge on any atom is 0.263 e. The van der Waals surface area contributed by atoms with Crippen molar-refractivity contribution >= 4 is 5.91 Å². The van der Waals surface area contributed by atoms with Crippen LogP contribution in [0.2, 0.25) is 0 Å². The predicted molar refractivity (Wildman–Crippen MR) is 84.3 cm³/mol. The topological polar surface area (TPSA) is 55.6 Å². The minimum Gasteiger partial charge on any atom is -0.481 e. The molecule has 0 spiro atoms. The van der Waals surface area contributed by atoms with Gasteiger partial charge >= 0.3 is 0 Å². The number of aryl methyl sites for hydroxylation is 1. The lowest BCUT2D eigenvalue weighted by Gasteiger charge is -2.29. The molecule has 1 fully saturated rings. The minimum atomic E-state index is -0.442. The van der Waals surface area contributed by atoms with Gasteiger partial charge in [0.25, 0.3) is 5.91 Å². The lowest BCUT2D eigenvalue weighted by Crippen LogP contribution is -2.43. The molecule has 1 aliphatic rings. The van der Waals surface area contributed by atoms with Crippen LogP contribution in [0.5, 0.6) is 5.75 Å². The summed E-state index contributed by atoms with van der Waals surface area (Å²) in [6, 6.07) is 5.90. The van der Waals surface area contributed by atoms with E-state index < -0.39 is 6.10 Å². The van der Waals surface area contributed by atoms with Crippen LogP contribution in [0.4, 0.5) is 0 Å². The van der Waals surface area contributed by atoms with Crippen LogP contribution in [0.25, 0.3) is 0 Å². The summed E-state index contributed by atoms with van der Waals surface area (Å²) in [7, 11) is 0. The van der Waals surface area contributed by atoms with Crippen LogP contribution in [0, 0.1) is 6.92 Å². The molecule has 2 N–H and O–H groups in total. The zero-order valence-corrected chi connectivity index (χ0v) is 13.3. The van der Waals surface area contributed by atoms with Gasteiger partial charge in [-0.05, 0) is 57.2 Å². The molecule has 0 aliphatic carbocycles. The number of carbonyl (C=O) groups excluding carboxylic acids is 1. The molecular formula is C17H26N2O2. The van der Waals surface area contributed by atoms with Gasteiger partial charge in [-0.1, -0.05) is 12.1 Å². The van der Waals surface area contributed by atoms with Crippen LogP contribution in [0.1, 0.15) is 50.3 Å². The smallest absolute Gasteiger partial charge is 0.263 e. The summed E-state index contributed by atoms with van der Waals surface area (Å²) in [5, 5.41) is 0. The highest BCUT2D eigenvalue weighted by Gasteiger charge is 2.23. The van der Waals surface area contributed by atoms with E-state index in [1.54, 1.807) is 0 Å². The fourth-order valence-corrected chi connectivity index (χ4v) is 2.70. The number of benzene rings is 1. The second kappa shape index (κ2) is 6.94. The average molecular weight is 290 g/mol. The fraction of sp³-hybridized carbons (Fsp3) is 0.588. The van der Waals surface area contributed by atoms with Crippen LogP contribution in [-0.2, 0) is 4.79 Å². The van der Waals surface area contributed by atoms with Gasteiger partial charge in [0.2, 0.25) is 0 Å². The van der Waals surface area contributed by atoms with E-state index in [1.165, 1.54) is 6.42 Å². The van der Waals surface area contributed by atoms with E-state index >= 15 is 0 Å². The molecule has 0 saturated carbocycles. The number of piperidine rings is 1. The van der Waals surface area contributed by atoms with Gasteiger partial charge in [0.05, 0.1) is 0 Å². The monoisotopic (exact) mass is 290 g/mol. The van der Waals surface area contributed by atoms with Gasteiger partial charge in [-0.25, -0.2) is 0 Å². The number of nitrogens with zero attached hydrogens (tertiary/aromatic N) is 1. The summed E-state index contributed by atoms with van der Waals surface area (Å²) in [6.07, 6.45) is 2.97. The standard InChI is InChI=1S/C17H26N2O2/c1-12-11-15(13(2)18)7-8-16(12)21-14(3)17(20)19-9-5-4-6-10-19/h7-8,11,13-14H,4-6,9-10,18H2,1-3H3. The normalized spacial score (nSPS) is 18.2. The molecule has 1 heterocycles. The van der Waals surface area contributed by atoms with E-state index in [2.05, 4.69) is 0 Å². The summed E-state index contributed by atoms with van der Waals surface area (Å²) < 4.78 is 5.86. The van der Waals surface area contributed by atoms with E-state index in [9.17, 15) is 4.79 Å². The van der Waals surface area contributed by atoms with Crippen LogP contribution < -0.4 is 10.5 Å². The molecule has 2 atom stereocenters. The number of hydrogen-bond donors (Lipinski definition) is 1. The molecule has 2 unspecified atom stereocenters. The maximum absolute atomic E-state index is 12.4. The average Bonchev–Trinajstić information content (AvgIpc) is 2.49. The van der Waals surface area contributed by atoms with Gasteiger partial charge in [0.1, 0.15) is 5.75 Å². The fourth-order valence-electron chi connectivity index (χ4n) is 2.70. The lowest BCUT2D eigenvalue weighted by atomic mass is 10.1. The molecule has 2 rings (SSSR count). The zero-order chi connectivity index (χ0) is 15.4. The summed E-state index contributed by atoms with van der Waals surface area (Å²) in [4.78, 5) is 14.3. The van der Waals surface area contributed by atoms with Crippen molar-refractivity contribution in [2.75, 3.05) is 13.1 Å². The molecule has 1 aromatic carbocycles. The number of rotatable bonds is 4. The number of carbonyl (C=O) groups is 1. The van der Waals surface area contributed by atoms with Crippen LogP contribution in [0.3, 0.4) is 0 Å². The number of nitrogens with two attached hydrogens (primary N) is 1. The zero-order valence-electron chi connectivity index (χ0n) is 13.3. The third-order valence-corrected chi connectivity index (χ3v) is 4.04. The quantitative estimate of drug-likeness (QED) is 0.927. The van der Waals surface area contributed by atoms with Crippen molar-refractivity contribution in [1.82, 2.24) is 4.90 Å². The van der Waals surface area contributed by atoms with Gasteiger partial charge < -0.3 is 15.4 Å². The van der Waals surface area contributed by atoms with Crippen molar-refractivity contribution in [1.29, 1.82) is 0 Å². The van der Waals surface area contributed by atoms with E-state index in [1.807, 2.05) is 43.9 Å². The molecule has 1 aromatic rings. The largest absolute Gasteiger partial charge is 0.481 e. The molecule has 0 aromatic heterocycles. The number of ether oxygens (including phenoxy) is 1. The third kappa shape index (κ3) is 3.97. The lowest BCUT2D eigenvalue weighted by molar-refractivity contribution is -0.138. The Kier molecular flexibility index (Phi) is 5.23. The molecule has 4 nitrogen and oxygen atoms in total. The first-order valence-corrected chi connectivity index (χ1v) is 7.80. The third-order valence-electron chi connectivity index (χ3n) is 4.04. The van der Waals surface area contributed by atoms with E-state index in [4.69, 9.17) is 10.5 Å². The van der Waals surface area contributed by atoms with Crippen molar-refractivity contribution in [3.63, 3.8) is 0 Å². The Morgan fingerprint density at radius 1 is 1.24 bits per heavy atom. The second-order valence-corrected chi connectivity index (χ2v) is 5.96. The van der Waals surface area contributed by atoms with Gasteiger partial charge in [0.15, 0.2) is 6.10 Å². The van der Waals surface area contributed by atoms with Crippen molar-refractivity contribution in [2.24, 2.45) is 5.73 Å². The Hall–Kier alpha value is -1.55. The van der Waals surface area contributed by atoms with Crippen LogP contribution >= 0.6 is 0 Å². The van der Waals surface area contributed by atoms with E-state index in [0.29, 0.717) is 0 Å². The van der Waals surface area contributed by atoms with E-state index in [-0.39, 0.29) is 11.9 Å². The number of likely N-dealkylation sites (tertiary alicyclic amines) is 1. The second-order valence-electron chi connectivity index (χ2n) is 5.96. The highest BCUT2D eigenvalue weighted by atomic mass is 16.5. The SMILES string of the molecule is Cc1cc(C(C)N)ccc1OC(C)C(=O)N1CCCCC1. The first-order valence-electron chi connectivity index (χ1n) is 7.80. The number of hydrogen-bond acceptors (Lipinski definition) is 3. The molecule has 4 heteroatoms. The minimum absolute atomic E-state index is 0.00477. The predicted octanol–water partition coefficient (Wildman–Crippen LogP) is 2.79. The molecule has 1 saturated heterocycles. The van der Waals surface area contributed by atoms with Crippen molar-refractivity contribution in [3.8, 4) is 5.75 Å². The maximum atomic E-state index is 12.4. The Morgan fingerprint density at radius 3 is 2.48 bits per heavy atom. The van der Waals surface area contributed by atoms with Crippen LogP contribution in [0.15, 0.2) is 18.2 Å². The molecule has 116 valence electrons. The first-order chi connectivity index (χ1) is 9.99.